The summed E-state index contributed by atoms with van der Waals surface area (Å²) in [7, 11) is 1.65. The van der Waals surface area contributed by atoms with Crippen molar-refractivity contribution < 1.29 is 14.3 Å². The third-order valence-corrected chi connectivity index (χ3v) is 7.48. The molecule has 2 amide bonds. The van der Waals surface area contributed by atoms with Gasteiger partial charge in [0.25, 0.3) is 0 Å². The fourth-order valence-electron chi connectivity index (χ4n) is 4.23. The SMILES string of the molecule is COc1ccc(CCCC(=O)C2CCCN2C(=O)NCc2csc3ccc(Br)cc23)cc1. The van der Waals surface area contributed by atoms with Crippen molar-refractivity contribution >= 4 is 49.2 Å². The summed E-state index contributed by atoms with van der Waals surface area (Å²) in [5.41, 5.74) is 2.29. The summed E-state index contributed by atoms with van der Waals surface area (Å²) in [5.74, 6) is 0.997. The molecule has 1 aliphatic heterocycles. The molecule has 32 heavy (non-hydrogen) atoms. The second-order valence-corrected chi connectivity index (χ2v) is 9.91. The molecule has 0 spiro atoms. The van der Waals surface area contributed by atoms with Crippen LogP contribution < -0.4 is 10.1 Å². The first-order valence-corrected chi connectivity index (χ1v) is 12.6. The van der Waals surface area contributed by atoms with Crippen molar-refractivity contribution in [3.05, 3.63) is 63.4 Å². The Labute approximate surface area is 200 Å². The number of nitrogens with one attached hydrogen (secondary N) is 1. The van der Waals surface area contributed by atoms with Gasteiger partial charge in [-0.3, -0.25) is 4.79 Å². The van der Waals surface area contributed by atoms with E-state index in [1.165, 1.54) is 10.3 Å². The van der Waals surface area contributed by atoms with E-state index in [0.717, 1.165) is 46.9 Å². The quantitative estimate of drug-likeness (QED) is 0.404. The minimum atomic E-state index is -0.306. The van der Waals surface area contributed by atoms with E-state index in [1.807, 2.05) is 30.3 Å². The number of hydrogen-bond donors (Lipinski definition) is 1. The fourth-order valence-corrected chi connectivity index (χ4v) is 5.54. The second-order valence-electron chi connectivity index (χ2n) is 8.08. The maximum Gasteiger partial charge on any atom is 0.318 e. The number of amides is 2. The van der Waals surface area contributed by atoms with Crippen LogP contribution in [-0.4, -0.2) is 36.4 Å². The summed E-state index contributed by atoms with van der Waals surface area (Å²) in [5, 5.41) is 6.27. The lowest BCUT2D eigenvalue weighted by atomic mass is 10.0. The van der Waals surface area contributed by atoms with Crippen molar-refractivity contribution in [3.63, 3.8) is 0 Å². The number of nitrogens with zero attached hydrogens (tertiary/aromatic N) is 1. The van der Waals surface area contributed by atoms with Gasteiger partial charge in [0.1, 0.15) is 5.75 Å². The van der Waals surface area contributed by atoms with Crippen LogP contribution in [0.15, 0.2) is 52.3 Å². The first kappa shape index (κ1) is 22.8. The van der Waals surface area contributed by atoms with Gasteiger partial charge in [0.05, 0.1) is 13.2 Å². The molecule has 2 heterocycles. The number of rotatable bonds is 8. The number of aryl methyl sites for hydroxylation is 1. The Hall–Kier alpha value is -2.38. The number of thiophene rings is 1. The van der Waals surface area contributed by atoms with Gasteiger partial charge in [-0.2, -0.15) is 0 Å². The smallest absolute Gasteiger partial charge is 0.318 e. The van der Waals surface area contributed by atoms with Crippen LogP contribution in [0.1, 0.15) is 36.8 Å². The minimum Gasteiger partial charge on any atom is -0.497 e. The molecule has 1 aliphatic rings. The van der Waals surface area contributed by atoms with Crippen molar-refractivity contribution in [2.45, 2.75) is 44.7 Å². The van der Waals surface area contributed by atoms with Crippen molar-refractivity contribution in [3.8, 4) is 5.75 Å². The van der Waals surface area contributed by atoms with Crippen LogP contribution in [0, 0.1) is 0 Å². The number of ether oxygens (including phenoxy) is 1. The number of Topliss-reactive ketones (excluding diaryl/α,β-unsaturated/α-hetero) is 1. The molecule has 1 aromatic heterocycles. The zero-order valence-corrected chi connectivity index (χ0v) is 20.5. The van der Waals surface area contributed by atoms with E-state index in [4.69, 9.17) is 4.74 Å². The van der Waals surface area contributed by atoms with Gasteiger partial charge >= 0.3 is 6.03 Å². The molecule has 2 aromatic carbocycles. The van der Waals surface area contributed by atoms with Crippen molar-refractivity contribution in [1.82, 2.24) is 10.2 Å². The molecular formula is C25H27BrN2O3S. The molecule has 1 fully saturated rings. The monoisotopic (exact) mass is 514 g/mol. The fraction of sp³-hybridized carbons (Fsp3) is 0.360. The van der Waals surface area contributed by atoms with Gasteiger partial charge in [0, 0.05) is 28.7 Å². The highest BCUT2D eigenvalue weighted by Gasteiger charge is 2.33. The lowest BCUT2D eigenvalue weighted by Crippen LogP contribution is -2.45. The highest BCUT2D eigenvalue weighted by atomic mass is 79.9. The molecule has 1 saturated heterocycles. The highest BCUT2D eigenvalue weighted by molar-refractivity contribution is 9.10. The summed E-state index contributed by atoms with van der Waals surface area (Å²) in [6.45, 7) is 1.10. The number of carbonyl (C=O) groups excluding carboxylic acids is 2. The number of urea groups is 1. The first-order chi connectivity index (χ1) is 15.5. The number of benzene rings is 2. The molecule has 5 nitrogen and oxygen atoms in total. The average Bonchev–Trinajstić information content (AvgIpc) is 3.45. The van der Waals surface area contributed by atoms with E-state index in [9.17, 15) is 9.59 Å². The zero-order chi connectivity index (χ0) is 22.5. The van der Waals surface area contributed by atoms with Crippen LogP contribution in [0.4, 0.5) is 4.79 Å². The topological polar surface area (TPSA) is 58.6 Å². The summed E-state index contributed by atoms with van der Waals surface area (Å²) < 4.78 is 7.41. The molecular weight excluding hydrogens is 488 g/mol. The Morgan fingerprint density at radius 2 is 2.03 bits per heavy atom. The maximum atomic E-state index is 12.9. The molecule has 7 heteroatoms. The predicted molar refractivity (Wildman–Crippen MR) is 132 cm³/mol. The van der Waals surface area contributed by atoms with Gasteiger partial charge in [0.15, 0.2) is 5.78 Å². The Kier molecular flexibility index (Phi) is 7.48. The first-order valence-electron chi connectivity index (χ1n) is 10.9. The van der Waals surface area contributed by atoms with Gasteiger partial charge in [-0.25, -0.2) is 4.79 Å². The summed E-state index contributed by atoms with van der Waals surface area (Å²) in [6, 6.07) is 13.7. The normalized spacial score (nSPS) is 15.8. The summed E-state index contributed by atoms with van der Waals surface area (Å²) >= 11 is 5.19. The lowest BCUT2D eigenvalue weighted by Gasteiger charge is -2.24. The van der Waals surface area contributed by atoms with Gasteiger partial charge in [-0.05, 0) is 77.9 Å². The van der Waals surface area contributed by atoms with Crippen LogP contribution in [0.3, 0.4) is 0 Å². The summed E-state index contributed by atoms with van der Waals surface area (Å²) in [6.07, 6.45) is 3.74. The third kappa shape index (κ3) is 5.33. The van der Waals surface area contributed by atoms with E-state index < -0.39 is 0 Å². The predicted octanol–water partition coefficient (Wildman–Crippen LogP) is 5.94. The lowest BCUT2D eigenvalue weighted by molar-refractivity contribution is -0.122. The number of fused-ring (bicyclic) bond motifs is 1. The number of halogens is 1. The average molecular weight is 515 g/mol. The Bertz CT molecular complexity index is 1100. The van der Waals surface area contributed by atoms with E-state index >= 15 is 0 Å². The molecule has 1 atom stereocenters. The molecule has 1 N–H and O–H groups in total. The standard InChI is InChI=1S/C25H27BrN2O3S/c1-31-20-10-7-17(8-11-20)4-2-6-23(29)22-5-3-13-28(22)25(30)27-15-18-16-32-24-12-9-19(26)14-21(18)24/h7-12,14,16,22H,2-6,13,15H2,1H3,(H,27,30). The molecule has 1 unspecified atom stereocenters. The van der Waals surface area contributed by atoms with E-state index in [2.05, 4.69) is 38.8 Å². The van der Waals surface area contributed by atoms with Gasteiger partial charge in [0.2, 0.25) is 0 Å². The number of methoxy groups -OCH3 is 1. The number of likely N-dealkylation sites (tertiary alicyclic amines) is 1. The Morgan fingerprint density at radius 3 is 2.81 bits per heavy atom. The number of hydrogen-bond acceptors (Lipinski definition) is 4. The van der Waals surface area contributed by atoms with Gasteiger partial charge in [-0.15, -0.1) is 11.3 Å². The van der Waals surface area contributed by atoms with Crippen molar-refractivity contribution in [1.29, 1.82) is 0 Å². The number of ketones is 1. The Morgan fingerprint density at radius 1 is 1.22 bits per heavy atom. The molecule has 0 radical (unpaired) electrons. The van der Waals surface area contributed by atoms with Gasteiger partial charge in [-0.1, -0.05) is 28.1 Å². The third-order valence-electron chi connectivity index (χ3n) is 5.98. The highest BCUT2D eigenvalue weighted by Crippen LogP contribution is 2.29. The number of carbonyl (C=O) groups is 2. The molecule has 0 bridgehead atoms. The van der Waals surface area contributed by atoms with Gasteiger partial charge < -0.3 is 15.0 Å². The molecule has 0 aliphatic carbocycles. The molecule has 168 valence electrons. The molecule has 3 aromatic rings. The molecule has 0 saturated carbocycles. The van der Waals surface area contributed by atoms with Crippen molar-refractivity contribution in [2.24, 2.45) is 0 Å². The van der Waals surface area contributed by atoms with Crippen molar-refractivity contribution in [2.75, 3.05) is 13.7 Å². The molecule has 4 rings (SSSR count). The van der Waals surface area contributed by atoms with E-state index in [0.29, 0.717) is 19.5 Å². The van der Waals surface area contributed by atoms with Crippen LogP contribution >= 0.6 is 27.3 Å². The summed E-state index contributed by atoms with van der Waals surface area (Å²) in [4.78, 5) is 27.4. The zero-order valence-electron chi connectivity index (χ0n) is 18.1. The van der Waals surface area contributed by atoms with Crippen LogP contribution in [-0.2, 0) is 17.8 Å². The van der Waals surface area contributed by atoms with Crippen LogP contribution in [0.25, 0.3) is 10.1 Å². The van der Waals surface area contributed by atoms with E-state index in [1.54, 1.807) is 23.3 Å². The largest absolute Gasteiger partial charge is 0.497 e. The Balaban J connectivity index is 1.29. The maximum absolute atomic E-state index is 12.9. The van der Waals surface area contributed by atoms with Crippen LogP contribution in [0.2, 0.25) is 0 Å². The minimum absolute atomic E-state index is 0.148. The van der Waals surface area contributed by atoms with Crippen LogP contribution in [0.5, 0.6) is 5.75 Å². The van der Waals surface area contributed by atoms with E-state index in [-0.39, 0.29) is 17.9 Å². The second kappa shape index (κ2) is 10.5.